The summed E-state index contributed by atoms with van der Waals surface area (Å²) >= 11 is 0. The Hall–Kier alpha value is -1.31. The van der Waals surface area contributed by atoms with Crippen LogP contribution in [0.4, 0.5) is 0 Å². The van der Waals surface area contributed by atoms with Crippen molar-refractivity contribution in [1.29, 1.82) is 0 Å². The summed E-state index contributed by atoms with van der Waals surface area (Å²) in [5.74, 6) is 0.385. The third-order valence-electron chi connectivity index (χ3n) is 1.63. The molecule has 1 heterocycles. The van der Waals surface area contributed by atoms with Gasteiger partial charge in [-0.05, 0) is 6.07 Å². The van der Waals surface area contributed by atoms with Crippen LogP contribution in [0.5, 0.6) is 0 Å². The van der Waals surface area contributed by atoms with Crippen LogP contribution in [-0.2, 0) is 0 Å². The Labute approximate surface area is 58.2 Å². The van der Waals surface area contributed by atoms with Gasteiger partial charge in [0.15, 0.2) is 0 Å². The smallest absolute Gasteiger partial charge is 0.122 e. The molecule has 1 N–H and O–H groups in total. The molecule has 0 saturated heterocycles. The first-order chi connectivity index (χ1) is 4.88. The first-order valence-electron chi connectivity index (χ1n) is 3.21. The lowest BCUT2D eigenvalue weighted by atomic mass is 10.4. The molecule has 50 valence electrons. The van der Waals surface area contributed by atoms with Crippen LogP contribution in [0.3, 0.4) is 0 Å². The summed E-state index contributed by atoms with van der Waals surface area (Å²) in [6.45, 7) is 0. The molecule has 1 aliphatic rings. The van der Waals surface area contributed by atoms with Crippen molar-refractivity contribution in [2.24, 2.45) is 0 Å². The van der Waals surface area contributed by atoms with E-state index in [9.17, 15) is 5.11 Å². The van der Waals surface area contributed by atoms with Gasteiger partial charge in [0.25, 0.3) is 0 Å². The monoisotopic (exact) mass is 133 g/mol. The molecule has 0 aromatic carbocycles. The van der Waals surface area contributed by atoms with Crippen molar-refractivity contribution in [1.82, 2.24) is 4.98 Å². The van der Waals surface area contributed by atoms with Crippen molar-refractivity contribution in [2.45, 2.75) is 6.42 Å². The maximum atomic E-state index is 9.20. The molecule has 0 unspecified atom stereocenters. The van der Waals surface area contributed by atoms with Gasteiger partial charge in [-0.15, -0.1) is 0 Å². The quantitative estimate of drug-likeness (QED) is 0.537. The van der Waals surface area contributed by atoms with Crippen molar-refractivity contribution in [3.8, 4) is 0 Å². The maximum Gasteiger partial charge on any atom is 0.122 e. The zero-order valence-electron chi connectivity index (χ0n) is 5.41. The average molecular weight is 133 g/mol. The summed E-state index contributed by atoms with van der Waals surface area (Å²) in [6, 6.07) is 3.82. The van der Waals surface area contributed by atoms with Crippen LogP contribution < -0.4 is 10.6 Å². The van der Waals surface area contributed by atoms with Crippen molar-refractivity contribution < 1.29 is 5.11 Å². The van der Waals surface area contributed by atoms with E-state index >= 15 is 0 Å². The van der Waals surface area contributed by atoms with E-state index in [4.69, 9.17) is 0 Å². The molecular weight excluding hydrogens is 126 g/mol. The highest BCUT2D eigenvalue weighted by Crippen LogP contribution is 1.97. The highest BCUT2D eigenvalue weighted by atomic mass is 16.3. The van der Waals surface area contributed by atoms with Gasteiger partial charge >= 0.3 is 0 Å². The number of hydrogen-bond acceptors (Lipinski definition) is 2. The lowest BCUT2D eigenvalue weighted by molar-refractivity contribution is 0.491. The van der Waals surface area contributed by atoms with Gasteiger partial charge < -0.3 is 5.11 Å². The molecule has 2 heteroatoms. The molecule has 2 nitrogen and oxygen atoms in total. The molecular formula is C8H7NO. The van der Waals surface area contributed by atoms with Gasteiger partial charge in [-0.2, -0.15) is 0 Å². The van der Waals surface area contributed by atoms with Gasteiger partial charge in [-0.1, -0.05) is 12.1 Å². The topological polar surface area (TPSA) is 33.1 Å². The fraction of sp³-hybridized carbons (Fsp3) is 0.125. The summed E-state index contributed by atoms with van der Waals surface area (Å²) in [6.07, 6.45) is 4.29. The van der Waals surface area contributed by atoms with Crippen molar-refractivity contribution in [3.05, 3.63) is 28.9 Å². The van der Waals surface area contributed by atoms with Crippen LogP contribution >= 0.6 is 0 Å². The first-order valence-corrected chi connectivity index (χ1v) is 3.21. The zero-order chi connectivity index (χ0) is 6.97. The van der Waals surface area contributed by atoms with Crippen LogP contribution in [0.2, 0.25) is 0 Å². The third kappa shape index (κ3) is 0.620. The number of fused-ring (bicyclic) bond motifs is 1. The number of nitrogens with zero attached hydrogens (tertiary/aromatic N) is 1. The predicted molar refractivity (Wildman–Crippen MR) is 38.6 cm³/mol. The molecule has 2 rings (SSSR count). The molecule has 1 aliphatic carbocycles. The number of pyridine rings is 1. The van der Waals surface area contributed by atoms with E-state index in [0.717, 1.165) is 10.6 Å². The van der Waals surface area contributed by atoms with Gasteiger partial charge in [0.05, 0.1) is 0 Å². The molecule has 0 aliphatic heterocycles. The van der Waals surface area contributed by atoms with Crippen LogP contribution in [0.25, 0.3) is 11.8 Å². The molecule has 0 radical (unpaired) electrons. The number of aliphatic hydroxyl groups excluding tert-OH is 1. The molecule has 0 amide bonds. The molecule has 0 atom stereocenters. The number of rotatable bonds is 0. The minimum atomic E-state index is 0.385. The molecule has 0 saturated carbocycles. The van der Waals surface area contributed by atoms with Crippen LogP contribution in [0.1, 0.15) is 6.42 Å². The van der Waals surface area contributed by atoms with E-state index in [1.165, 1.54) is 0 Å². The Morgan fingerprint density at radius 3 is 3.20 bits per heavy atom. The van der Waals surface area contributed by atoms with Gasteiger partial charge in [0, 0.05) is 17.8 Å². The molecule has 0 bridgehead atoms. The normalized spacial score (nSPS) is 14.6. The van der Waals surface area contributed by atoms with E-state index < -0.39 is 0 Å². The lowest BCUT2D eigenvalue weighted by Gasteiger charge is -1.84. The van der Waals surface area contributed by atoms with E-state index in [1.54, 1.807) is 6.20 Å². The SMILES string of the molecule is OC1=c2ncccc2=CC1. The Morgan fingerprint density at radius 2 is 2.40 bits per heavy atom. The molecule has 0 spiro atoms. The molecule has 10 heavy (non-hydrogen) atoms. The average Bonchev–Trinajstić information content (AvgIpc) is 2.34. The van der Waals surface area contributed by atoms with Crippen LogP contribution in [-0.4, -0.2) is 10.1 Å². The lowest BCUT2D eigenvalue weighted by Crippen LogP contribution is -2.25. The largest absolute Gasteiger partial charge is 0.510 e. The minimum absolute atomic E-state index is 0.385. The van der Waals surface area contributed by atoms with E-state index in [-0.39, 0.29) is 0 Å². The maximum absolute atomic E-state index is 9.20. The summed E-state index contributed by atoms with van der Waals surface area (Å²) < 4.78 is 0. The second-order valence-corrected chi connectivity index (χ2v) is 2.30. The second kappa shape index (κ2) is 1.84. The highest BCUT2D eigenvalue weighted by molar-refractivity contribution is 5.50. The van der Waals surface area contributed by atoms with Gasteiger partial charge in [-0.25, -0.2) is 0 Å². The Bertz CT molecular complexity index is 367. The second-order valence-electron chi connectivity index (χ2n) is 2.30. The highest BCUT2D eigenvalue weighted by Gasteiger charge is 2.01. The Morgan fingerprint density at radius 1 is 1.50 bits per heavy atom. The van der Waals surface area contributed by atoms with E-state index in [2.05, 4.69) is 4.98 Å². The van der Waals surface area contributed by atoms with Crippen molar-refractivity contribution >= 4 is 11.8 Å². The molecule has 1 aromatic rings. The summed E-state index contributed by atoms with van der Waals surface area (Å²) in [7, 11) is 0. The zero-order valence-corrected chi connectivity index (χ0v) is 5.41. The van der Waals surface area contributed by atoms with Gasteiger partial charge in [-0.3, -0.25) is 4.98 Å². The van der Waals surface area contributed by atoms with E-state index in [0.29, 0.717) is 12.2 Å². The number of aromatic nitrogens is 1. The summed E-state index contributed by atoms with van der Waals surface area (Å²) in [5.41, 5.74) is 0. The Kier molecular flexibility index (Phi) is 1.01. The minimum Gasteiger partial charge on any atom is -0.510 e. The van der Waals surface area contributed by atoms with Crippen molar-refractivity contribution in [2.75, 3.05) is 0 Å². The number of hydrogen-bond donors (Lipinski definition) is 1. The predicted octanol–water partition coefficient (Wildman–Crippen LogP) is -0.0680. The molecule has 0 fully saturated rings. The van der Waals surface area contributed by atoms with Gasteiger partial charge in [0.2, 0.25) is 0 Å². The van der Waals surface area contributed by atoms with Crippen LogP contribution in [0, 0.1) is 0 Å². The third-order valence-corrected chi connectivity index (χ3v) is 1.63. The van der Waals surface area contributed by atoms with E-state index in [1.807, 2.05) is 18.2 Å². The summed E-state index contributed by atoms with van der Waals surface area (Å²) in [4.78, 5) is 4.02. The first kappa shape index (κ1) is 5.47. The fourth-order valence-corrected chi connectivity index (χ4v) is 1.13. The van der Waals surface area contributed by atoms with Crippen molar-refractivity contribution in [3.63, 3.8) is 0 Å². The fourth-order valence-electron chi connectivity index (χ4n) is 1.13. The Balaban J connectivity index is 2.96. The molecule has 1 aromatic heterocycles. The standard InChI is InChI=1S/C8H7NO/c10-7-4-3-6-2-1-5-9-8(6)7/h1-3,5,10H,4H2. The van der Waals surface area contributed by atoms with Gasteiger partial charge in [0.1, 0.15) is 11.1 Å². The summed E-state index contributed by atoms with van der Waals surface area (Å²) in [5, 5.41) is 11.0. The number of aliphatic hydroxyl groups is 1. The van der Waals surface area contributed by atoms with Crippen LogP contribution in [0.15, 0.2) is 18.3 Å².